The van der Waals surface area contributed by atoms with Gasteiger partial charge in [-0.2, -0.15) is 0 Å². The van der Waals surface area contributed by atoms with Crippen LogP contribution in [0.2, 0.25) is 0 Å². The fourth-order valence-electron chi connectivity index (χ4n) is 1.78. The quantitative estimate of drug-likeness (QED) is 0.796. The van der Waals surface area contributed by atoms with Crippen LogP contribution in [-0.2, 0) is 11.8 Å². The molecule has 2 amide bonds. The van der Waals surface area contributed by atoms with E-state index in [1.54, 1.807) is 23.9 Å². The second-order valence-electron chi connectivity index (χ2n) is 4.57. The third-order valence-corrected chi connectivity index (χ3v) is 3.29. The predicted octanol–water partition coefficient (Wildman–Crippen LogP) is 2.02. The van der Waals surface area contributed by atoms with Gasteiger partial charge in [0.2, 0.25) is 5.91 Å². The van der Waals surface area contributed by atoms with Gasteiger partial charge in [0.05, 0.1) is 13.0 Å². The third-order valence-electron chi connectivity index (χ3n) is 2.86. The summed E-state index contributed by atoms with van der Waals surface area (Å²) in [5, 5.41) is 0. The van der Waals surface area contributed by atoms with Crippen molar-refractivity contribution in [2.75, 3.05) is 6.61 Å². The van der Waals surface area contributed by atoms with Gasteiger partial charge in [0.15, 0.2) is 0 Å². The minimum absolute atomic E-state index is 0.145. The summed E-state index contributed by atoms with van der Waals surface area (Å²) in [7, 11) is 1.75. The van der Waals surface area contributed by atoms with Gasteiger partial charge in [-0.15, -0.1) is 0 Å². The van der Waals surface area contributed by atoms with Gasteiger partial charge < -0.3 is 9.30 Å². The molecule has 0 saturated carbocycles. The summed E-state index contributed by atoms with van der Waals surface area (Å²) in [6, 6.07) is 10.9. The Morgan fingerprint density at radius 1 is 1.23 bits per heavy atom. The number of rotatable bonds is 5. The molecule has 0 aliphatic heterocycles. The molecule has 0 spiro atoms. The molecule has 0 aliphatic carbocycles. The minimum Gasteiger partial charge on any atom is -0.493 e. The molecule has 1 aromatic carbocycles. The Bertz CT molecular complexity index is 655. The van der Waals surface area contributed by atoms with Crippen molar-refractivity contribution in [1.29, 1.82) is 0 Å². The van der Waals surface area contributed by atoms with E-state index in [1.807, 2.05) is 30.3 Å². The first kappa shape index (κ1) is 16.1. The van der Waals surface area contributed by atoms with Crippen LogP contribution in [0, 0.1) is 0 Å². The Hall–Kier alpha value is -2.28. The number of aromatic nitrogens is 1. The van der Waals surface area contributed by atoms with E-state index >= 15 is 0 Å². The lowest BCUT2D eigenvalue weighted by Gasteiger charge is -2.09. The summed E-state index contributed by atoms with van der Waals surface area (Å²) in [5.74, 6) is -0.00363. The molecule has 6 nitrogen and oxygen atoms in total. The maximum absolute atomic E-state index is 11.9. The molecule has 22 heavy (non-hydrogen) atoms. The zero-order valence-corrected chi connectivity index (χ0v) is 13.6. The fraction of sp³-hybridized carbons (Fsp3) is 0.200. The maximum Gasteiger partial charge on any atom is 0.286 e. The number of hydrogen-bond acceptors (Lipinski definition) is 3. The number of halogens is 1. The van der Waals surface area contributed by atoms with E-state index in [0.717, 1.165) is 4.47 Å². The van der Waals surface area contributed by atoms with Crippen LogP contribution in [0.5, 0.6) is 5.75 Å². The van der Waals surface area contributed by atoms with Gasteiger partial charge in [0, 0.05) is 17.7 Å². The minimum atomic E-state index is -0.384. The lowest BCUT2D eigenvalue weighted by Crippen LogP contribution is -2.42. The van der Waals surface area contributed by atoms with Gasteiger partial charge >= 0.3 is 0 Å². The fourth-order valence-corrected chi connectivity index (χ4v) is 2.31. The largest absolute Gasteiger partial charge is 0.493 e. The molecule has 0 saturated heterocycles. The molecular weight excluding hydrogens is 350 g/mol. The van der Waals surface area contributed by atoms with Crippen LogP contribution in [-0.4, -0.2) is 23.0 Å². The van der Waals surface area contributed by atoms with Crippen molar-refractivity contribution >= 4 is 27.7 Å². The van der Waals surface area contributed by atoms with Crippen LogP contribution < -0.4 is 15.6 Å². The van der Waals surface area contributed by atoms with E-state index in [0.29, 0.717) is 11.4 Å². The first-order chi connectivity index (χ1) is 10.6. The van der Waals surface area contributed by atoms with Gasteiger partial charge in [0.25, 0.3) is 5.91 Å². The van der Waals surface area contributed by atoms with Crippen molar-refractivity contribution < 1.29 is 14.3 Å². The SMILES string of the molecule is Cn1cc(Br)cc1C(=O)NNC(=O)CCOc1ccccc1. The number of carbonyl (C=O) groups is 2. The molecule has 2 aromatic rings. The van der Waals surface area contributed by atoms with Crippen LogP contribution in [0.3, 0.4) is 0 Å². The molecule has 7 heteroatoms. The van der Waals surface area contributed by atoms with Gasteiger partial charge in [0.1, 0.15) is 11.4 Å². The zero-order chi connectivity index (χ0) is 15.9. The highest BCUT2D eigenvalue weighted by molar-refractivity contribution is 9.10. The summed E-state index contributed by atoms with van der Waals surface area (Å²) in [6.45, 7) is 0.238. The average molecular weight is 366 g/mol. The van der Waals surface area contributed by atoms with Crippen molar-refractivity contribution in [3.63, 3.8) is 0 Å². The first-order valence-corrected chi connectivity index (χ1v) is 7.44. The van der Waals surface area contributed by atoms with Crippen molar-refractivity contribution in [1.82, 2.24) is 15.4 Å². The molecular formula is C15H16BrN3O3. The molecule has 2 N–H and O–H groups in total. The summed E-state index contributed by atoms with van der Waals surface area (Å²) >= 11 is 3.28. The molecule has 0 unspecified atom stereocenters. The highest BCUT2D eigenvalue weighted by Gasteiger charge is 2.11. The molecule has 1 heterocycles. The molecule has 1 aromatic heterocycles. The summed E-state index contributed by atoms with van der Waals surface area (Å²) < 4.78 is 7.86. The van der Waals surface area contributed by atoms with Crippen molar-refractivity contribution in [2.45, 2.75) is 6.42 Å². The Kier molecular flexibility index (Phi) is 5.60. The Balaban J connectivity index is 1.71. The van der Waals surface area contributed by atoms with Crippen LogP contribution in [0.25, 0.3) is 0 Å². The standard InChI is InChI=1S/C15H16BrN3O3/c1-19-10-11(16)9-13(19)15(21)18-17-14(20)7-8-22-12-5-3-2-4-6-12/h2-6,9-10H,7-8H2,1H3,(H,17,20)(H,18,21). The monoisotopic (exact) mass is 365 g/mol. The number of ether oxygens (including phenoxy) is 1. The number of nitrogens with zero attached hydrogens (tertiary/aromatic N) is 1. The number of hydrogen-bond donors (Lipinski definition) is 2. The van der Waals surface area contributed by atoms with Crippen molar-refractivity contribution in [2.24, 2.45) is 7.05 Å². The normalized spacial score (nSPS) is 10.1. The van der Waals surface area contributed by atoms with Crippen LogP contribution >= 0.6 is 15.9 Å². The molecule has 0 fully saturated rings. The smallest absolute Gasteiger partial charge is 0.286 e. The second kappa shape index (κ2) is 7.65. The number of aryl methyl sites for hydroxylation is 1. The Morgan fingerprint density at radius 3 is 2.59 bits per heavy atom. The number of nitrogens with one attached hydrogen (secondary N) is 2. The molecule has 116 valence electrons. The molecule has 0 radical (unpaired) electrons. The van der Waals surface area contributed by atoms with E-state index < -0.39 is 0 Å². The number of para-hydroxylation sites is 1. The average Bonchev–Trinajstić information content (AvgIpc) is 2.84. The summed E-state index contributed by atoms with van der Waals surface area (Å²) in [5.41, 5.74) is 5.16. The zero-order valence-electron chi connectivity index (χ0n) is 12.0. The maximum atomic E-state index is 11.9. The predicted molar refractivity (Wildman–Crippen MR) is 85.3 cm³/mol. The third kappa shape index (κ3) is 4.63. The highest BCUT2D eigenvalue weighted by Crippen LogP contribution is 2.13. The van der Waals surface area contributed by atoms with Gasteiger partial charge in [-0.05, 0) is 34.1 Å². The van der Waals surface area contributed by atoms with Gasteiger partial charge in [-0.25, -0.2) is 0 Å². The lowest BCUT2D eigenvalue weighted by atomic mass is 10.3. The highest BCUT2D eigenvalue weighted by atomic mass is 79.9. The van der Waals surface area contributed by atoms with E-state index in [4.69, 9.17) is 4.74 Å². The Morgan fingerprint density at radius 2 is 1.95 bits per heavy atom. The first-order valence-electron chi connectivity index (χ1n) is 6.65. The van der Waals surface area contributed by atoms with E-state index in [9.17, 15) is 9.59 Å². The number of hydrazine groups is 1. The molecule has 0 atom stereocenters. The van der Waals surface area contributed by atoms with Crippen LogP contribution in [0.15, 0.2) is 47.1 Å². The van der Waals surface area contributed by atoms with Crippen molar-refractivity contribution in [3.05, 3.63) is 52.8 Å². The summed E-state index contributed by atoms with van der Waals surface area (Å²) in [4.78, 5) is 23.5. The number of amides is 2. The molecule has 2 rings (SSSR count). The van der Waals surface area contributed by atoms with Gasteiger partial charge in [-0.3, -0.25) is 20.4 Å². The van der Waals surface area contributed by atoms with E-state index in [1.165, 1.54) is 0 Å². The van der Waals surface area contributed by atoms with Crippen LogP contribution in [0.4, 0.5) is 0 Å². The van der Waals surface area contributed by atoms with Gasteiger partial charge in [-0.1, -0.05) is 18.2 Å². The van der Waals surface area contributed by atoms with E-state index in [-0.39, 0.29) is 24.8 Å². The number of benzene rings is 1. The molecule has 0 bridgehead atoms. The lowest BCUT2D eigenvalue weighted by molar-refractivity contribution is -0.122. The topological polar surface area (TPSA) is 72.4 Å². The van der Waals surface area contributed by atoms with Crippen molar-refractivity contribution in [3.8, 4) is 5.75 Å². The van der Waals surface area contributed by atoms with E-state index in [2.05, 4.69) is 26.8 Å². The Labute approximate surface area is 136 Å². The summed E-state index contributed by atoms with van der Waals surface area (Å²) in [6.07, 6.45) is 1.90. The second-order valence-corrected chi connectivity index (χ2v) is 5.48. The number of carbonyl (C=O) groups excluding carboxylic acids is 2. The van der Waals surface area contributed by atoms with Crippen LogP contribution in [0.1, 0.15) is 16.9 Å². The molecule has 0 aliphatic rings.